The van der Waals surface area contributed by atoms with E-state index in [0.717, 1.165) is 0 Å². The molecule has 10 nitrogen and oxygen atoms in total. The van der Waals surface area contributed by atoms with E-state index in [1.807, 2.05) is 25.7 Å². The number of amides is 1. The van der Waals surface area contributed by atoms with E-state index in [0.29, 0.717) is 36.5 Å². The Kier molecular flexibility index (Phi) is 7.24. The molecule has 40 heavy (non-hydrogen) atoms. The van der Waals surface area contributed by atoms with E-state index in [9.17, 15) is 19.1 Å². The summed E-state index contributed by atoms with van der Waals surface area (Å²) in [7, 11) is 0. The van der Waals surface area contributed by atoms with Crippen LogP contribution in [-0.2, 0) is 4.79 Å². The second-order valence-electron chi connectivity index (χ2n) is 9.83. The van der Waals surface area contributed by atoms with Gasteiger partial charge in [-0.15, -0.1) is 0 Å². The number of anilines is 1. The summed E-state index contributed by atoms with van der Waals surface area (Å²) in [5.74, 6) is -0.791. The standard InChI is InChI=1S/C28H27ClFN7O3/c1-5-21(39)35-11-12-36(16(4)14-35)25-17-13-18(29)24(22-19(30)7-6-8-20(22)38)33-26(17)37(28(40)34-25)27-23(15(2)3)31-9-10-32-27/h5-10,13,15-16,38H,1,11-12,14H2,2-4H3/t16-/m0/s1. The number of aromatic hydroxyl groups is 1. The lowest BCUT2D eigenvalue weighted by molar-refractivity contribution is -0.126. The minimum absolute atomic E-state index is 0.0421. The average Bonchev–Trinajstić information content (AvgIpc) is 2.92. The van der Waals surface area contributed by atoms with Gasteiger partial charge in [0, 0.05) is 38.1 Å². The van der Waals surface area contributed by atoms with Crippen LogP contribution in [0.4, 0.5) is 10.2 Å². The summed E-state index contributed by atoms with van der Waals surface area (Å²) in [4.78, 5) is 47.5. The molecule has 0 unspecified atom stereocenters. The Morgan fingerprint density at radius 1 is 1.20 bits per heavy atom. The quantitative estimate of drug-likeness (QED) is 0.361. The summed E-state index contributed by atoms with van der Waals surface area (Å²) in [5.41, 5.74) is -0.242. The molecule has 1 aromatic carbocycles. The first-order valence-electron chi connectivity index (χ1n) is 12.7. The first-order valence-corrected chi connectivity index (χ1v) is 13.1. The molecule has 4 heterocycles. The van der Waals surface area contributed by atoms with Gasteiger partial charge in [-0.25, -0.2) is 23.7 Å². The fourth-order valence-corrected chi connectivity index (χ4v) is 5.21. The third kappa shape index (κ3) is 4.66. The van der Waals surface area contributed by atoms with Gasteiger partial charge in [-0.1, -0.05) is 38.1 Å². The number of carbonyl (C=O) groups is 1. The van der Waals surface area contributed by atoms with E-state index in [2.05, 4.69) is 26.5 Å². The van der Waals surface area contributed by atoms with Crippen molar-refractivity contribution in [3.8, 4) is 22.8 Å². The Hall–Kier alpha value is -4.38. The number of phenolic OH excluding ortho intramolecular Hbond substituents is 1. The normalized spacial score (nSPS) is 15.6. The topological polar surface area (TPSA) is 117 Å². The molecule has 1 aliphatic heterocycles. The number of fused-ring (bicyclic) bond motifs is 1. The highest BCUT2D eigenvalue weighted by atomic mass is 35.5. The molecule has 5 rings (SSSR count). The molecular weight excluding hydrogens is 537 g/mol. The van der Waals surface area contributed by atoms with Crippen molar-refractivity contribution in [2.45, 2.75) is 32.7 Å². The average molecular weight is 564 g/mol. The maximum Gasteiger partial charge on any atom is 0.357 e. The van der Waals surface area contributed by atoms with Crippen LogP contribution in [0, 0.1) is 5.82 Å². The number of aromatic nitrogens is 5. The lowest BCUT2D eigenvalue weighted by atomic mass is 10.1. The fourth-order valence-electron chi connectivity index (χ4n) is 4.96. The Morgan fingerprint density at radius 2 is 1.95 bits per heavy atom. The maximum absolute atomic E-state index is 14.9. The van der Waals surface area contributed by atoms with Crippen molar-refractivity contribution in [3.05, 3.63) is 76.3 Å². The highest BCUT2D eigenvalue weighted by Crippen LogP contribution is 2.38. The number of piperazine rings is 1. The largest absolute Gasteiger partial charge is 0.507 e. The summed E-state index contributed by atoms with van der Waals surface area (Å²) in [5, 5.41) is 11.0. The van der Waals surface area contributed by atoms with Gasteiger partial charge in [-0.3, -0.25) is 9.78 Å². The predicted molar refractivity (Wildman–Crippen MR) is 150 cm³/mol. The van der Waals surface area contributed by atoms with Crippen molar-refractivity contribution in [1.82, 2.24) is 29.4 Å². The molecule has 0 spiro atoms. The van der Waals surface area contributed by atoms with Crippen LogP contribution in [0.3, 0.4) is 0 Å². The second-order valence-corrected chi connectivity index (χ2v) is 10.2. The van der Waals surface area contributed by atoms with Crippen molar-refractivity contribution < 1.29 is 14.3 Å². The van der Waals surface area contributed by atoms with E-state index >= 15 is 0 Å². The van der Waals surface area contributed by atoms with Crippen LogP contribution < -0.4 is 10.6 Å². The number of carbonyl (C=O) groups excluding carboxylic acids is 1. The SMILES string of the molecule is C=CC(=O)N1CCN(c2nc(=O)n(-c3nccnc3C(C)C)c3nc(-c4c(O)cccc4F)c(Cl)cc23)[C@@H](C)C1. The van der Waals surface area contributed by atoms with Crippen molar-refractivity contribution >= 4 is 34.4 Å². The molecule has 1 N–H and O–H groups in total. The molecule has 0 bridgehead atoms. The first kappa shape index (κ1) is 27.2. The third-order valence-electron chi connectivity index (χ3n) is 6.88. The summed E-state index contributed by atoms with van der Waals surface area (Å²) >= 11 is 6.67. The number of nitrogens with zero attached hydrogens (tertiary/aromatic N) is 7. The molecule has 0 radical (unpaired) electrons. The van der Waals surface area contributed by atoms with Crippen LogP contribution >= 0.6 is 11.6 Å². The Morgan fingerprint density at radius 3 is 2.62 bits per heavy atom. The molecule has 206 valence electrons. The molecule has 0 saturated carbocycles. The van der Waals surface area contributed by atoms with Gasteiger partial charge in [-0.2, -0.15) is 4.98 Å². The lowest BCUT2D eigenvalue weighted by Gasteiger charge is -2.40. The fraction of sp³-hybridized carbons (Fsp3) is 0.286. The van der Waals surface area contributed by atoms with E-state index in [4.69, 9.17) is 11.6 Å². The lowest BCUT2D eigenvalue weighted by Crippen LogP contribution is -2.54. The number of hydrogen-bond acceptors (Lipinski definition) is 8. The van der Waals surface area contributed by atoms with Crippen LogP contribution in [0.2, 0.25) is 5.02 Å². The van der Waals surface area contributed by atoms with Crippen molar-refractivity contribution in [1.29, 1.82) is 0 Å². The van der Waals surface area contributed by atoms with Crippen molar-refractivity contribution in [2.24, 2.45) is 0 Å². The predicted octanol–water partition coefficient (Wildman–Crippen LogP) is 4.08. The van der Waals surface area contributed by atoms with Gasteiger partial charge < -0.3 is 14.9 Å². The van der Waals surface area contributed by atoms with Gasteiger partial charge in [0.1, 0.15) is 17.4 Å². The number of hydrogen-bond donors (Lipinski definition) is 1. The van der Waals surface area contributed by atoms with Crippen molar-refractivity contribution in [2.75, 3.05) is 24.5 Å². The minimum atomic E-state index is -0.726. The zero-order chi connectivity index (χ0) is 28.7. The van der Waals surface area contributed by atoms with Crippen LogP contribution in [-0.4, -0.2) is 66.1 Å². The maximum atomic E-state index is 14.9. The number of halogens is 2. The highest BCUT2D eigenvalue weighted by Gasteiger charge is 2.30. The second kappa shape index (κ2) is 10.6. The number of phenols is 1. The molecule has 1 amide bonds. The Balaban J connectivity index is 1.80. The zero-order valence-corrected chi connectivity index (χ0v) is 22.9. The monoisotopic (exact) mass is 563 g/mol. The molecule has 1 fully saturated rings. The third-order valence-corrected chi connectivity index (χ3v) is 7.17. The smallest absolute Gasteiger partial charge is 0.357 e. The molecule has 12 heteroatoms. The highest BCUT2D eigenvalue weighted by molar-refractivity contribution is 6.34. The molecule has 4 aromatic rings. The summed E-state index contributed by atoms with van der Waals surface area (Å²) in [6.45, 7) is 10.5. The number of benzene rings is 1. The van der Waals surface area contributed by atoms with E-state index < -0.39 is 11.5 Å². The van der Waals surface area contributed by atoms with Crippen LogP contribution in [0.5, 0.6) is 5.75 Å². The number of pyridine rings is 1. The molecule has 3 aromatic heterocycles. The van der Waals surface area contributed by atoms with Gasteiger partial charge in [-0.05, 0) is 37.1 Å². The van der Waals surface area contributed by atoms with E-state index in [1.54, 1.807) is 11.0 Å². The Bertz CT molecular complexity index is 1690. The van der Waals surface area contributed by atoms with Crippen molar-refractivity contribution in [3.63, 3.8) is 0 Å². The molecule has 0 aliphatic carbocycles. The zero-order valence-electron chi connectivity index (χ0n) is 22.2. The van der Waals surface area contributed by atoms with E-state index in [-0.39, 0.29) is 51.4 Å². The first-order chi connectivity index (χ1) is 19.1. The van der Waals surface area contributed by atoms with Gasteiger partial charge >= 0.3 is 5.69 Å². The van der Waals surface area contributed by atoms with Crippen LogP contribution in [0.1, 0.15) is 32.4 Å². The molecular formula is C28H27ClFN7O3. The summed E-state index contributed by atoms with van der Waals surface area (Å²) in [6.07, 6.45) is 4.27. The minimum Gasteiger partial charge on any atom is -0.507 e. The summed E-state index contributed by atoms with van der Waals surface area (Å²) in [6, 6.07) is 5.24. The molecule has 1 aliphatic rings. The van der Waals surface area contributed by atoms with Gasteiger partial charge in [0.25, 0.3) is 0 Å². The van der Waals surface area contributed by atoms with Gasteiger partial charge in [0.05, 0.1) is 27.4 Å². The van der Waals surface area contributed by atoms with Gasteiger partial charge in [0.15, 0.2) is 11.5 Å². The number of rotatable bonds is 5. The van der Waals surface area contributed by atoms with Crippen LogP contribution in [0.25, 0.3) is 28.1 Å². The van der Waals surface area contributed by atoms with E-state index in [1.165, 1.54) is 41.2 Å². The van der Waals surface area contributed by atoms with Crippen LogP contribution in [0.15, 0.2) is 54.1 Å². The molecule has 1 saturated heterocycles. The van der Waals surface area contributed by atoms with Gasteiger partial charge in [0.2, 0.25) is 5.91 Å². The molecule has 1 atom stereocenters. The Labute approximate surface area is 234 Å². The summed E-state index contributed by atoms with van der Waals surface area (Å²) < 4.78 is 16.2.